The third-order valence-electron chi connectivity index (χ3n) is 4.61. The third-order valence-corrected chi connectivity index (χ3v) is 5.72. The maximum absolute atomic E-state index is 4.35. The molecule has 0 spiro atoms. The van der Waals surface area contributed by atoms with Gasteiger partial charge in [-0.15, -0.1) is 11.3 Å². The fourth-order valence-corrected chi connectivity index (χ4v) is 3.74. The monoisotopic (exact) mass is 351 g/mol. The average molecular weight is 352 g/mol. The summed E-state index contributed by atoms with van der Waals surface area (Å²) in [6.45, 7) is 12.3. The molecule has 0 aliphatic carbocycles. The highest BCUT2D eigenvalue weighted by atomic mass is 32.1. The first-order valence-electron chi connectivity index (χ1n) is 8.97. The van der Waals surface area contributed by atoms with Gasteiger partial charge in [-0.3, -0.25) is 4.99 Å². The van der Waals surface area contributed by atoms with Crippen LogP contribution >= 0.6 is 11.3 Å². The van der Waals surface area contributed by atoms with Gasteiger partial charge in [-0.1, -0.05) is 19.9 Å². The van der Waals surface area contributed by atoms with Crippen molar-refractivity contribution in [2.45, 2.75) is 19.8 Å². The van der Waals surface area contributed by atoms with Crippen LogP contribution in [0.3, 0.4) is 0 Å². The van der Waals surface area contributed by atoms with Crippen molar-refractivity contribution in [2.24, 2.45) is 10.9 Å². The van der Waals surface area contributed by atoms with E-state index < -0.39 is 0 Å². The maximum Gasteiger partial charge on any atom is 0.191 e. The summed E-state index contributed by atoms with van der Waals surface area (Å²) < 4.78 is 0. The Hall–Kier alpha value is -1.11. The van der Waals surface area contributed by atoms with Gasteiger partial charge in [-0.25, -0.2) is 0 Å². The molecule has 1 aromatic rings. The van der Waals surface area contributed by atoms with Crippen LogP contribution in [0.1, 0.15) is 24.6 Å². The number of likely N-dealkylation sites (N-methyl/N-ethyl adjacent to an activating group) is 1. The molecule has 136 valence electrons. The van der Waals surface area contributed by atoms with E-state index >= 15 is 0 Å². The fourth-order valence-electron chi connectivity index (χ4n) is 2.95. The van der Waals surface area contributed by atoms with E-state index in [0.717, 1.165) is 25.6 Å². The molecule has 2 unspecified atom stereocenters. The molecule has 1 aromatic heterocycles. The van der Waals surface area contributed by atoms with Gasteiger partial charge in [0.15, 0.2) is 5.96 Å². The standard InChI is InChI=1S/C18H33N5S/c1-15(14-23-9-7-22(4)8-10-23)12-20-18(19-3)21-13-16(2)17-6-5-11-24-17/h5-6,11,15-16H,7-10,12-14H2,1-4H3,(H2,19,20,21). The zero-order chi connectivity index (χ0) is 17.4. The molecular formula is C18H33N5S. The first kappa shape index (κ1) is 19.2. The Kier molecular flexibility index (Phi) is 8.02. The Bertz CT molecular complexity index is 480. The number of piperazine rings is 1. The van der Waals surface area contributed by atoms with Crippen molar-refractivity contribution in [3.05, 3.63) is 22.4 Å². The molecule has 2 atom stereocenters. The van der Waals surface area contributed by atoms with Gasteiger partial charge in [0.1, 0.15) is 0 Å². The fraction of sp³-hybridized carbons (Fsp3) is 0.722. The number of rotatable bonds is 7. The van der Waals surface area contributed by atoms with Crippen molar-refractivity contribution >= 4 is 17.3 Å². The van der Waals surface area contributed by atoms with E-state index in [-0.39, 0.29) is 0 Å². The second kappa shape index (κ2) is 10.0. The molecule has 1 aliphatic heterocycles. The smallest absolute Gasteiger partial charge is 0.191 e. The second-order valence-corrected chi connectivity index (χ2v) is 7.94. The molecule has 2 heterocycles. The van der Waals surface area contributed by atoms with E-state index in [2.05, 4.69) is 63.8 Å². The van der Waals surface area contributed by atoms with Crippen molar-refractivity contribution in [1.29, 1.82) is 0 Å². The number of hydrogen-bond donors (Lipinski definition) is 2. The first-order chi connectivity index (χ1) is 11.6. The van der Waals surface area contributed by atoms with Crippen LogP contribution in [0.2, 0.25) is 0 Å². The van der Waals surface area contributed by atoms with Crippen molar-refractivity contribution in [2.75, 3.05) is 59.9 Å². The molecule has 2 rings (SSSR count). The lowest BCUT2D eigenvalue weighted by atomic mass is 10.1. The normalized spacial score (nSPS) is 19.9. The zero-order valence-electron chi connectivity index (χ0n) is 15.6. The molecule has 0 saturated carbocycles. The zero-order valence-corrected chi connectivity index (χ0v) is 16.4. The van der Waals surface area contributed by atoms with E-state index in [4.69, 9.17) is 0 Å². The minimum Gasteiger partial charge on any atom is -0.356 e. The third kappa shape index (κ3) is 6.42. The number of nitrogens with zero attached hydrogens (tertiary/aromatic N) is 3. The van der Waals surface area contributed by atoms with Crippen LogP contribution in [0.15, 0.2) is 22.5 Å². The van der Waals surface area contributed by atoms with Crippen LogP contribution in [0.5, 0.6) is 0 Å². The number of hydrogen-bond acceptors (Lipinski definition) is 4. The van der Waals surface area contributed by atoms with Gasteiger partial charge < -0.3 is 20.4 Å². The SMILES string of the molecule is CN=C(NCC(C)CN1CCN(C)CC1)NCC(C)c1cccs1. The molecular weight excluding hydrogens is 318 g/mol. The van der Waals surface area contributed by atoms with Crippen LogP contribution in [0.25, 0.3) is 0 Å². The van der Waals surface area contributed by atoms with Crippen molar-refractivity contribution in [3.63, 3.8) is 0 Å². The molecule has 0 amide bonds. The second-order valence-electron chi connectivity index (χ2n) is 6.96. The minimum absolute atomic E-state index is 0.506. The lowest BCUT2D eigenvalue weighted by molar-refractivity contribution is 0.139. The van der Waals surface area contributed by atoms with Gasteiger partial charge in [-0.05, 0) is 24.4 Å². The van der Waals surface area contributed by atoms with E-state index in [1.165, 1.54) is 31.1 Å². The summed E-state index contributed by atoms with van der Waals surface area (Å²) in [5.41, 5.74) is 0. The Morgan fingerprint density at radius 3 is 2.54 bits per heavy atom. The van der Waals surface area contributed by atoms with E-state index in [9.17, 15) is 0 Å². The molecule has 0 aromatic carbocycles. The summed E-state index contributed by atoms with van der Waals surface area (Å²) in [5, 5.41) is 9.06. The Balaban J connectivity index is 1.65. The van der Waals surface area contributed by atoms with Crippen LogP contribution in [0, 0.1) is 5.92 Å². The van der Waals surface area contributed by atoms with Crippen LogP contribution < -0.4 is 10.6 Å². The lowest BCUT2D eigenvalue weighted by Crippen LogP contribution is -2.47. The van der Waals surface area contributed by atoms with Gasteiger partial charge in [0.2, 0.25) is 0 Å². The highest BCUT2D eigenvalue weighted by molar-refractivity contribution is 7.10. The first-order valence-corrected chi connectivity index (χ1v) is 9.85. The molecule has 0 radical (unpaired) electrons. The topological polar surface area (TPSA) is 42.9 Å². The van der Waals surface area contributed by atoms with E-state index in [0.29, 0.717) is 11.8 Å². The highest BCUT2D eigenvalue weighted by Crippen LogP contribution is 2.19. The molecule has 1 aliphatic rings. The Morgan fingerprint density at radius 2 is 1.92 bits per heavy atom. The summed E-state index contributed by atoms with van der Waals surface area (Å²) in [5.74, 6) is 2.02. The molecule has 6 heteroatoms. The van der Waals surface area contributed by atoms with Gasteiger partial charge in [0.25, 0.3) is 0 Å². The number of thiophene rings is 1. The molecule has 2 N–H and O–H groups in total. The molecule has 1 fully saturated rings. The molecule has 1 saturated heterocycles. The molecule has 24 heavy (non-hydrogen) atoms. The van der Waals surface area contributed by atoms with Crippen LogP contribution in [0.4, 0.5) is 0 Å². The predicted octanol–water partition coefficient (Wildman–Crippen LogP) is 1.90. The van der Waals surface area contributed by atoms with Gasteiger partial charge in [0, 0.05) is 63.7 Å². The van der Waals surface area contributed by atoms with E-state index in [1.807, 2.05) is 18.4 Å². The van der Waals surface area contributed by atoms with Crippen molar-refractivity contribution in [1.82, 2.24) is 20.4 Å². The summed E-state index contributed by atoms with van der Waals surface area (Å²) in [4.78, 5) is 10.7. The highest BCUT2D eigenvalue weighted by Gasteiger charge is 2.16. The van der Waals surface area contributed by atoms with Gasteiger partial charge in [-0.2, -0.15) is 0 Å². The number of aliphatic imine (C=N–C) groups is 1. The maximum atomic E-state index is 4.35. The largest absolute Gasteiger partial charge is 0.356 e. The Morgan fingerprint density at radius 1 is 1.21 bits per heavy atom. The number of guanidine groups is 1. The molecule has 0 bridgehead atoms. The summed E-state index contributed by atoms with van der Waals surface area (Å²) >= 11 is 1.82. The summed E-state index contributed by atoms with van der Waals surface area (Å²) in [6.07, 6.45) is 0. The average Bonchev–Trinajstić information content (AvgIpc) is 3.11. The van der Waals surface area contributed by atoms with Crippen LogP contribution in [-0.2, 0) is 0 Å². The summed E-state index contributed by atoms with van der Waals surface area (Å²) in [6, 6.07) is 4.31. The lowest BCUT2D eigenvalue weighted by Gasteiger charge is -2.34. The van der Waals surface area contributed by atoms with Crippen molar-refractivity contribution in [3.8, 4) is 0 Å². The van der Waals surface area contributed by atoms with Gasteiger partial charge >= 0.3 is 0 Å². The Labute approximate surface area is 151 Å². The number of nitrogens with one attached hydrogen (secondary N) is 2. The van der Waals surface area contributed by atoms with Crippen molar-refractivity contribution < 1.29 is 0 Å². The molecule has 5 nitrogen and oxygen atoms in total. The van der Waals surface area contributed by atoms with Gasteiger partial charge in [0.05, 0.1) is 0 Å². The summed E-state index contributed by atoms with van der Waals surface area (Å²) in [7, 11) is 4.05. The predicted molar refractivity (Wildman–Crippen MR) is 105 cm³/mol. The van der Waals surface area contributed by atoms with Crippen LogP contribution in [-0.4, -0.2) is 75.7 Å². The minimum atomic E-state index is 0.506. The quantitative estimate of drug-likeness (QED) is 0.582. The van der Waals surface area contributed by atoms with E-state index in [1.54, 1.807) is 0 Å².